The molecule has 1 aromatic heterocycles. The van der Waals surface area contributed by atoms with E-state index in [1.807, 2.05) is 0 Å². The molecule has 0 spiro atoms. The minimum absolute atomic E-state index is 0.136. The first-order chi connectivity index (χ1) is 13.0. The molecule has 0 radical (unpaired) electrons. The number of nitrogens with one attached hydrogen (secondary N) is 1. The zero-order chi connectivity index (χ0) is 19.3. The third-order valence-corrected chi connectivity index (χ3v) is 8.05. The Balaban J connectivity index is 1.55. The Hall–Kier alpha value is -1.75. The number of amides is 1. The van der Waals surface area contributed by atoms with Gasteiger partial charge in [0.05, 0.1) is 4.90 Å². The molecular formula is C17H20N4O3S3. The molecule has 1 aromatic carbocycles. The summed E-state index contributed by atoms with van der Waals surface area (Å²) in [4.78, 5) is 12.7. The highest BCUT2D eigenvalue weighted by Gasteiger charge is 2.32. The Bertz CT molecular complexity index is 891. The maximum Gasteiger partial charge on any atom is 0.243 e. The van der Waals surface area contributed by atoms with Crippen molar-refractivity contribution < 1.29 is 13.2 Å². The summed E-state index contributed by atoms with van der Waals surface area (Å²) in [6.07, 6.45) is 2.74. The first-order valence-corrected chi connectivity index (χ1v) is 11.7. The highest BCUT2D eigenvalue weighted by atomic mass is 32.2. The number of rotatable bonds is 7. The predicted octanol–water partition coefficient (Wildman–Crippen LogP) is 2.86. The largest absolute Gasteiger partial charge is 0.300 e. The van der Waals surface area contributed by atoms with Gasteiger partial charge in [-0.2, -0.15) is 4.31 Å². The van der Waals surface area contributed by atoms with E-state index in [9.17, 15) is 13.2 Å². The van der Waals surface area contributed by atoms with Crippen molar-refractivity contribution in [3.8, 4) is 0 Å². The first kappa shape index (κ1) is 20.0. The summed E-state index contributed by atoms with van der Waals surface area (Å²) in [7, 11) is -3.51. The van der Waals surface area contributed by atoms with E-state index in [1.54, 1.807) is 36.4 Å². The summed E-state index contributed by atoms with van der Waals surface area (Å²) in [6.45, 7) is 4.30. The molecule has 10 heteroatoms. The number of hydrogen-bond donors (Lipinski definition) is 1. The summed E-state index contributed by atoms with van der Waals surface area (Å²) in [5.74, 6) is 0.361. The van der Waals surface area contributed by atoms with Crippen LogP contribution in [0.5, 0.6) is 0 Å². The summed E-state index contributed by atoms with van der Waals surface area (Å²) in [5.41, 5.74) is 0. The van der Waals surface area contributed by atoms with Gasteiger partial charge in [0.15, 0.2) is 4.34 Å². The molecule has 144 valence electrons. The van der Waals surface area contributed by atoms with Gasteiger partial charge in [0.25, 0.3) is 0 Å². The fraction of sp³-hybridized carbons (Fsp3) is 0.353. The Morgan fingerprint density at radius 3 is 2.67 bits per heavy atom. The van der Waals surface area contributed by atoms with E-state index in [1.165, 1.54) is 27.4 Å². The van der Waals surface area contributed by atoms with Crippen LogP contribution in [0.4, 0.5) is 5.13 Å². The van der Waals surface area contributed by atoms with E-state index < -0.39 is 10.0 Å². The van der Waals surface area contributed by atoms with Crippen molar-refractivity contribution in [1.29, 1.82) is 0 Å². The number of carbonyl (C=O) groups excluding carboxylic acids is 1. The van der Waals surface area contributed by atoms with Crippen molar-refractivity contribution >= 4 is 44.2 Å². The van der Waals surface area contributed by atoms with E-state index in [4.69, 9.17) is 0 Å². The van der Waals surface area contributed by atoms with Gasteiger partial charge in [-0.05, 0) is 25.0 Å². The summed E-state index contributed by atoms with van der Waals surface area (Å²) < 4.78 is 27.5. The number of anilines is 1. The molecule has 1 saturated heterocycles. The monoisotopic (exact) mass is 424 g/mol. The molecule has 7 nitrogen and oxygen atoms in total. The normalized spacial score (nSPS) is 16.1. The minimum Gasteiger partial charge on any atom is -0.300 e. The van der Waals surface area contributed by atoms with Crippen molar-refractivity contribution in [3.63, 3.8) is 0 Å². The molecule has 0 atom stereocenters. The Labute approximate surface area is 166 Å². The Morgan fingerprint density at radius 1 is 1.30 bits per heavy atom. The maximum atomic E-state index is 12.6. The Kier molecular flexibility index (Phi) is 6.64. The molecule has 0 aliphatic carbocycles. The molecule has 2 heterocycles. The van der Waals surface area contributed by atoms with Crippen LogP contribution in [0, 0.1) is 5.92 Å². The van der Waals surface area contributed by atoms with Gasteiger partial charge in [-0.3, -0.25) is 4.79 Å². The SMILES string of the molecule is C=CCSc1nnc(NC(=O)C2CCN(S(=O)(=O)c3ccccc3)CC2)s1. The fourth-order valence-corrected chi connectivity index (χ4v) is 5.76. The second-order valence-corrected chi connectivity index (χ2v) is 10.1. The van der Waals surface area contributed by atoms with Crippen molar-refractivity contribution in [2.24, 2.45) is 5.92 Å². The summed E-state index contributed by atoms with van der Waals surface area (Å²) in [5, 5.41) is 11.2. The van der Waals surface area contributed by atoms with Crippen LogP contribution in [0.3, 0.4) is 0 Å². The molecule has 2 aromatic rings. The van der Waals surface area contributed by atoms with E-state index in [-0.39, 0.29) is 16.7 Å². The molecular weight excluding hydrogens is 404 g/mol. The molecule has 0 bridgehead atoms. The van der Waals surface area contributed by atoms with Crippen LogP contribution < -0.4 is 5.32 Å². The lowest BCUT2D eigenvalue weighted by molar-refractivity contribution is -0.120. The number of hydrogen-bond acceptors (Lipinski definition) is 7. The quantitative estimate of drug-likeness (QED) is 0.417. The van der Waals surface area contributed by atoms with Crippen LogP contribution >= 0.6 is 23.1 Å². The molecule has 1 aliphatic rings. The minimum atomic E-state index is -3.51. The molecule has 0 saturated carbocycles. The van der Waals surface area contributed by atoms with Crippen molar-refractivity contribution in [3.05, 3.63) is 43.0 Å². The van der Waals surface area contributed by atoms with Crippen LogP contribution in [-0.4, -0.2) is 47.7 Å². The van der Waals surface area contributed by atoms with Gasteiger partial charge in [-0.1, -0.05) is 47.4 Å². The van der Waals surface area contributed by atoms with Gasteiger partial charge in [0.1, 0.15) is 0 Å². The first-order valence-electron chi connectivity index (χ1n) is 8.44. The zero-order valence-corrected chi connectivity index (χ0v) is 17.0. The molecule has 3 rings (SSSR count). The molecule has 1 aliphatic heterocycles. The van der Waals surface area contributed by atoms with Crippen LogP contribution in [0.25, 0.3) is 0 Å². The molecule has 1 amide bonds. The van der Waals surface area contributed by atoms with Crippen molar-refractivity contribution in [1.82, 2.24) is 14.5 Å². The van der Waals surface area contributed by atoms with E-state index in [0.717, 1.165) is 10.1 Å². The second kappa shape index (κ2) is 8.96. The smallest absolute Gasteiger partial charge is 0.243 e. The predicted molar refractivity (Wildman–Crippen MR) is 107 cm³/mol. The number of nitrogens with zero attached hydrogens (tertiary/aromatic N) is 3. The molecule has 1 fully saturated rings. The number of thioether (sulfide) groups is 1. The number of piperidine rings is 1. The van der Waals surface area contributed by atoms with Gasteiger partial charge in [-0.25, -0.2) is 8.42 Å². The van der Waals surface area contributed by atoms with Crippen molar-refractivity contribution in [2.45, 2.75) is 22.1 Å². The topological polar surface area (TPSA) is 92.3 Å². The van der Waals surface area contributed by atoms with E-state index in [0.29, 0.717) is 31.1 Å². The third kappa shape index (κ3) is 4.95. The number of sulfonamides is 1. The lowest BCUT2D eigenvalue weighted by Crippen LogP contribution is -2.41. The second-order valence-electron chi connectivity index (χ2n) is 5.95. The fourth-order valence-electron chi connectivity index (χ4n) is 2.76. The van der Waals surface area contributed by atoms with E-state index >= 15 is 0 Å². The number of carbonyl (C=O) groups is 1. The zero-order valence-electron chi connectivity index (χ0n) is 14.6. The van der Waals surface area contributed by atoms with Gasteiger partial charge >= 0.3 is 0 Å². The lowest BCUT2D eigenvalue weighted by Gasteiger charge is -2.30. The Morgan fingerprint density at radius 2 is 2.00 bits per heavy atom. The van der Waals surface area contributed by atoms with Crippen molar-refractivity contribution in [2.75, 3.05) is 24.2 Å². The van der Waals surface area contributed by atoms with Crippen LogP contribution in [0.2, 0.25) is 0 Å². The van der Waals surface area contributed by atoms with Crippen LogP contribution in [0.15, 0.2) is 52.2 Å². The highest BCUT2D eigenvalue weighted by Crippen LogP contribution is 2.28. The van der Waals surface area contributed by atoms with E-state index in [2.05, 4.69) is 22.1 Å². The standard InChI is InChI=1S/C17H20N4O3S3/c1-2-12-25-17-20-19-16(26-17)18-15(22)13-8-10-21(11-9-13)27(23,24)14-6-4-3-5-7-14/h2-7,13H,1,8-12H2,(H,18,19,22). The lowest BCUT2D eigenvalue weighted by atomic mass is 9.97. The molecule has 0 unspecified atom stereocenters. The average Bonchev–Trinajstić information content (AvgIpc) is 3.14. The van der Waals surface area contributed by atoms with Gasteiger partial charge in [0.2, 0.25) is 21.1 Å². The molecule has 1 N–H and O–H groups in total. The molecule has 27 heavy (non-hydrogen) atoms. The summed E-state index contributed by atoms with van der Waals surface area (Å²) in [6, 6.07) is 8.37. The maximum absolute atomic E-state index is 12.6. The number of benzene rings is 1. The van der Waals surface area contributed by atoms with Gasteiger partial charge in [0, 0.05) is 24.8 Å². The number of aromatic nitrogens is 2. The average molecular weight is 425 g/mol. The van der Waals surface area contributed by atoms with Crippen LogP contribution in [-0.2, 0) is 14.8 Å². The third-order valence-electron chi connectivity index (χ3n) is 4.17. The summed E-state index contributed by atoms with van der Waals surface area (Å²) >= 11 is 2.83. The van der Waals surface area contributed by atoms with Crippen LogP contribution in [0.1, 0.15) is 12.8 Å². The van der Waals surface area contributed by atoms with Gasteiger partial charge < -0.3 is 5.32 Å². The van der Waals surface area contributed by atoms with Gasteiger partial charge in [-0.15, -0.1) is 16.8 Å². The highest BCUT2D eigenvalue weighted by molar-refractivity contribution is 8.01.